The van der Waals surface area contributed by atoms with Gasteiger partial charge in [0.15, 0.2) is 0 Å². The van der Waals surface area contributed by atoms with E-state index in [1.807, 2.05) is 0 Å². The SMILES string of the molecule is O=C([O-])C(O)C(O)C(=O)[O-].[Mg+2].[Na+]. The van der Waals surface area contributed by atoms with Crippen molar-refractivity contribution < 1.29 is 59.6 Å². The molecule has 0 aliphatic carbocycles. The van der Waals surface area contributed by atoms with E-state index in [2.05, 4.69) is 0 Å². The zero-order valence-electron chi connectivity index (χ0n) is 6.39. The first kappa shape index (κ1) is 18.4. The molecule has 0 aromatic carbocycles. The van der Waals surface area contributed by atoms with E-state index >= 15 is 0 Å². The Kier molecular flexibility index (Phi) is 12.6. The summed E-state index contributed by atoms with van der Waals surface area (Å²) in [6, 6.07) is 0. The van der Waals surface area contributed by atoms with E-state index in [1.54, 1.807) is 0 Å². The molecule has 0 saturated carbocycles. The van der Waals surface area contributed by atoms with Gasteiger partial charge in [0.05, 0.1) is 11.9 Å². The molecule has 58 valence electrons. The van der Waals surface area contributed by atoms with Crippen molar-refractivity contribution in [3.05, 3.63) is 0 Å². The maximum atomic E-state index is 9.63. The summed E-state index contributed by atoms with van der Waals surface area (Å²) >= 11 is 0. The van der Waals surface area contributed by atoms with E-state index < -0.39 is 24.1 Å². The van der Waals surface area contributed by atoms with Crippen molar-refractivity contribution in [1.29, 1.82) is 0 Å². The first-order chi connectivity index (χ1) is 4.46. The van der Waals surface area contributed by atoms with E-state index in [1.165, 1.54) is 0 Å². The second-order valence-corrected chi connectivity index (χ2v) is 1.53. The van der Waals surface area contributed by atoms with E-state index in [9.17, 15) is 19.8 Å². The number of hydrogen-bond acceptors (Lipinski definition) is 6. The van der Waals surface area contributed by atoms with Crippen LogP contribution in [0, 0.1) is 0 Å². The second-order valence-electron chi connectivity index (χ2n) is 1.53. The molecule has 8 heteroatoms. The number of rotatable bonds is 3. The van der Waals surface area contributed by atoms with Crippen LogP contribution in [0.25, 0.3) is 0 Å². The van der Waals surface area contributed by atoms with Gasteiger partial charge in [0, 0.05) is 0 Å². The summed E-state index contributed by atoms with van der Waals surface area (Å²) in [5, 5.41) is 35.7. The van der Waals surface area contributed by atoms with E-state index in [4.69, 9.17) is 10.2 Å². The molecule has 0 amide bonds. The molecular formula is C4H4MgNaO6+. The average Bonchev–Trinajstić information content (AvgIpc) is 1.84. The molecule has 0 aromatic heterocycles. The molecule has 0 fully saturated rings. The van der Waals surface area contributed by atoms with Gasteiger partial charge in [0.25, 0.3) is 0 Å². The maximum absolute atomic E-state index is 9.63. The Balaban J connectivity index is -0.000000405. The normalized spacial score (nSPS) is 13.2. The molecule has 0 spiro atoms. The van der Waals surface area contributed by atoms with Crippen LogP contribution < -0.4 is 39.8 Å². The van der Waals surface area contributed by atoms with Crippen LogP contribution in [-0.4, -0.2) is 57.4 Å². The van der Waals surface area contributed by atoms with Gasteiger partial charge in [-0.1, -0.05) is 0 Å². The number of carbonyl (C=O) groups excluding carboxylic acids is 2. The molecule has 2 atom stereocenters. The number of carboxylic acid groups (broad SMARTS) is 2. The van der Waals surface area contributed by atoms with Crippen molar-refractivity contribution in [2.24, 2.45) is 0 Å². The molecule has 0 rings (SSSR count). The fourth-order valence-electron chi connectivity index (χ4n) is 0.258. The van der Waals surface area contributed by atoms with Gasteiger partial charge in [0.1, 0.15) is 12.2 Å². The molecule has 0 bridgehead atoms. The van der Waals surface area contributed by atoms with Gasteiger partial charge < -0.3 is 30.0 Å². The van der Waals surface area contributed by atoms with Crippen molar-refractivity contribution in [1.82, 2.24) is 0 Å². The van der Waals surface area contributed by atoms with Gasteiger partial charge in [-0.05, 0) is 0 Å². The molecular weight excluding hydrogens is 191 g/mol. The summed E-state index contributed by atoms with van der Waals surface area (Å²) < 4.78 is 0. The molecule has 2 N–H and O–H groups in total. The average molecular weight is 195 g/mol. The first-order valence-electron chi connectivity index (χ1n) is 2.24. The zero-order chi connectivity index (χ0) is 8.31. The van der Waals surface area contributed by atoms with Crippen LogP contribution in [0.2, 0.25) is 0 Å². The van der Waals surface area contributed by atoms with Crippen LogP contribution in [0.4, 0.5) is 0 Å². The fraction of sp³-hybridized carbons (Fsp3) is 0.500. The molecule has 2 unspecified atom stereocenters. The Morgan fingerprint density at radius 1 is 1.00 bits per heavy atom. The van der Waals surface area contributed by atoms with Crippen LogP contribution >= 0.6 is 0 Å². The number of aliphatic hydroxyl groups excluding tert-OH is 2. The van der Waals surface area contributed by atoms with Crippen molar-refractivity contribution in [2.45, 2.75) is 12.2 Å². The Labute approximate surface area is 106 Å². The van der Waals surface area contributed by atoms with Gasteiger partial charge >= 0.3 is 52.6 Å². The van der Waals surface area contributed by atoms with E-state index in [0.29, 0.717) is 0 Å². The van der Waals surface area contributed by atoms with Gasteiger partial charge in [0.2, 0.25) is 0 Å². The predicted molar refractivity (Wildman–Crippen MR) is 27.8 cm³/mol. The van der Waals surface area contributed by atoms with Crippen molar-refractivity contribution in [3.63, 3.8) is 0 Å². The minimum Gasteiger partial charge on any atom is -0.547 e. The van der Waals surface area contributed by atoms with Crippen molar-refractivity contribution in [3.8, 4) is 0 Å². The summed E-state index contributed by atoms with van der Waals surface area (Å²) in [4.78, 5) is 19.3. The predicted octanol–water partition coefficient (Wildman–Crippen LogP) is -8.17. The van der Waals surface area contributed by atoms with Crippen LogP contribution in [0.15, 0.2) is 0 Å². The van der Waals surface area contributed by atoms with E-state index in [0.717, 1.165) is 0 Å². The van der Waals surface area contributed by atoms with Gasteiger partial charge in [-0.2, -0.15) is 0 Å². The quantitative estimate of drug-likeness (QED) is 0.431. The van der Waals surface area contributed by atoms with Crippen LogP contribution in [0.1, 0.15) is 0 Å². The smallest absolute Gasteiger partial charge is 0.547 e. The third-order valence-corrected chi connectivity index (χ3v) is 0.782. The minimum atomic E-state index is -2.44. The summed E-state index contributed by atoms with van der Waals surface area (Å²) in [6.45, 7) is 0. The van der Waals surface area contributed by atoms with E-state index in [-0.39, 0.29) is 52.6 Å². The molecule has 0 aliphatic heterocycles. The second kappa shape index (κ2) is 8.23. The Morgan fingerprint density at radius 2 is 1.17 bits per heavy atom. The number of carbonyl (C=O) groups is 2. The molecule has 0 aromatic rings. The molecule has 6 nitrogen and oxygen atoms in total. The zero-order valence-corrected chi connectivity index (χ0v) is 9.80. The monoisotopic (exact) mass is 195 g/mol. The van der Waals surface area contributed by atoms with Crippen LogP contribution in [0.5, 0.6) is 0 Å². The topological polar surface area (TPSA) is 121 Å². The van der Waals surface area contributed by atoms with Gasteiger partial charge in [-0.15, -0.1) is 0 Å². The minimum absolute atomic E-state index is 0. The molecule has 0 aliphatic rings. The first-order valence-corrected chi connectivity index (χ1v) is 2.24. The van der Waals surface area contributed by atoms with Crippen LogP contribution in [-0.2, 0) is 9.59 Å². The third-order valence-electron chi connectivity index (χ3n) is 0.782. The Morgan fingerprint density at radius 3 is 1.25 bits per heavy atom. The molecule has 0 radical (unpaired) electrons. The Hall–Kier alpha value is 0.626. The number of carboxylic acids is 2. The third kappa shape index (κ3) is 6.18. The van der Waals surface area contributed by atoms with Gasteiger partial charge in [-0.25, -0.2) is 0 Å². The summed E-state index contributed by atoms with van der Waals surface area (Å²) in [5.74, 6) is -4.12. The summed E-state index contributed by atoms with van der Waals surface area (Å²) in [5.41, 5.74) is 0. The van der Waals surface area contributed by atoms with Crippen molar-refractivity contribution >= 4 is 35.0 Å². The number of aliphatic carboxylic acids is 2. The summed E-state index contributed by atoms with van der Waals surface area (Å²) in [6.07, 6.45) is -4.88. The van der Waals surface area contributed by atoms with Gasteiger partial charge in [-0.3, -0.25) is 0 Å². The molecule has 0 heterocycles. The number of hydrogen-bond donors (Lipinski definition) is 2. The maximum Gasteiger partial charge on any atom is 2.00 e. The van der Waals surface area contributed by atoms with Crippen LogP contribution in [0.3, 0.4) is 0 Å². The largest absolute Gasteiger partial charge is 2.00 e. The molecule has 0 saturated heterocycles. The molecule has 12 heavy (non-hydrogen) atoms. The van der Waals surface area contributed by atoms with Crippen molar-refractivity contribution in [2.75, 3.05) is 0 Å². The number of aliphatic hydroxyl groups is 2. The standard InChI is InChI=1S/C4H6O6.Mg.Na/c5-1(3(7)8)2(6)4(9)10;;/h1-2,5-6H,(H,7,8)(H,9,10);;/q;+2;+1/p-2. The Bertz CT molecular complexity index is 144. The fourth-order valence-corrected chi connectivity index (χ4v) is 0.258. The summed E-state index contributed by atoms with van der Waals surface area (Å²) in [7, 11) is 0.